The maximum Gasteiger partial charge on any atom is 0.335 e. The van der Waals surface area contributed by atoms with E-state index in [1.165, 1.54) is 13.4 Å². The average molecular weight is 422 g/mol. The van der Waals surface area contributed by atoms with Crippen LogP contribution in [-0.2, 0) is 16.8 Å². The van der Waals surface area contributed by atoms with Gasteiger partial charge in [-0.1, -0.05) is 5.16 Å². The lowest BCUT2D eigenvalue weighted by atomic mass is 10.2. The van der Waals surface area contributed by atoms with Crippen molar-refractivity contribution < 1.29 is 22.6 Å². The number of nitrogens with zero attached hydrogens (tertiary/aromatic N) is 5. The van der Waals surface area contributed by atoms with E-state index in [2.05, 4.69) is 20.4 Å². The Morgan fingerprint density at radius 2 is 2.17 bits per heavy atom. The van der Waals surface area contributed by atoms with E-state index >= 15 is 0 Å². The van der Waals surface area contributed by atoms with Crippen LogP contribution in [0.15, 0.2) is 29.2 Å². The third-order valence-corrected chi connectivity index (χ3v) is 6.32. The number of aromatic nitrogens is 4. The Morgan fingerprint density at radius 3 is 2.86 bits per heavy atom. The first kappa shape index (κ1) is 19.8. The Labute approximate surface area is 167 Å². The van der Waals surface area contributed by atoms with Crippen LogP contribution in [-0.4, -0.2) is 61.3 Å². The van der Waals surface area contributed by atoms with Crippen LogP contribution in [0.2, 0.25) is 0 Å². The first-order chi connectivity index (χ1) is 13.7. The van der Waals surface area contributed by atoms with E-state index in [9.17, 15) is 18.1 Å². The first-order valence-corrected chi connectivity index (χ1v) is 10.5. The average Bonchev–Trinajstić information content (AvgIpc) is 3.36. The van der Waals surface area contributed by atoms with E-state index in [4.69, 9.17) is 4.52 Å². The Balaban J connectivity index is 1.56. The van der Waals surface area contributed by atoms with Gasteiger partial charge in [0.05, 0.1) is 24.1 Å². The number of aliphatic hydroxyl groups is 1. The van der Waals surface area contributed by atoms with Crippen molar-refractivity contribution in [2.24, 2.45) is 0 Å². The van der Waals surface area contributed by atoms with E-state index in [0.717, 1.165) is 21.1 Å². The quantitative estimate of drug-likeness (QED) is 0.497. The van der Waals surface area contributed by atoms with E-state index < -0.39 is 22.4 Å². The van der Waals surface area contributed by atoms with Crippen LogP contribution in [0.4, 0.5) is 5.82 Å². The molecule has 1 saturated carbocycles. The molecule has 4 rings (SSSR count). The molecule has 3 atom stereocenters. The van der Waals surface area contributed by atoms with Crippen molar-refractivity contribution in [1.29, 1.82) is 0 Å². The van der Waals surface area contributed by atoms with E-state index in [0.29, 0.717) is 30.9 Å². The molecule has 12 heteroatoms. The second-order valence-electron chi connectivity index (χ2n) is 7.22. The number of aryl methyl sites for hydroxylation is 1. The summed E-state index contributed by atoms with van der Waals surface area (Å²) in [6, 6.07) is 2.83. The number of likely N-dealkylation sites (N-methyl/N-ethyl adjacent to an activating group) is 1. The number of rotatable bonds is 6. The molecule has 0 aromatic carbocycles. The number of aliphatic hydroxyl groups excluding tert-OH is 1. The molecule has 0 saturated heterocycles. The fourth-order valence-corrected chi connectivity index (χ4v) is 4.41. The molecule has 3 N–H and O–H groups in total. The van der Waals surface area contributed by atoms with Gasteiger partial charge in [-0.15, -0.1) is 0 Å². The van der Waals surface area contributed by atoms with Crippen molar-refractivity contribution in [3.63, 3.8) is 0 Å². The van der Waals surface area contributed by atoms with Crippen LogP contribution in [0, 0.1) is 6.92 Å². The smallest absolute Gasteiger partial charge is 0.335 e. The summed E-state index contributed by atoms with van der Waals surface area (Å²) in [4.78, 5) is 8.66. The van der Waals surface area contributed by atoms with Gasteiger partial charge in [-0.05, 0) is 25.8 Å². The number of hydrogen-bond acceptors (Lipinski definition) is 8. The molecule has 1 fully saturated rings. The molecule has 11 nitrogen and oxygen atoms in total. The second kappa shape index (κ2) is 7.37. The predicted octanol–water partition coefficient (Wildman–Crippen LogP) is 1.14. The minimum atomic E-state index is -4.38. The summed E-state index contributed by atoms with van der Waals surface area (Å²) < 4.78 is 39.9. The third-order valence-electron chi connectivity index (χ3n) is 5.32. The molecular weight excluding hydrogens is 400 g/mol. The third kappa shape index (κ3) is 3.83. The van der Waals surface area contributed by atoms with Gasteiger partial charge in [0, 0.05) is 25.4 Å². The van der Waals surface area contributed by atoms with Gasteiger partial charge in [0.15, 0.2) is 0 Å². The van der Waals surface area contributed by atoms with Crippen molar-refractivity contribution in [3.05, 3.63) is 36.1 Å². The summed E-state index contributed by atoms with van der Waals surface area (Å²) in [7, 11) is -3.12. The minimum Gasteiger partial charge on any atom is -0.391 e. The van der Waals surface area contributed by atoms with Gasteiger partial charge in [0.25, 0.3) is 0 Å². The Bertz CT molecular complexity index is 1130. The molecule has 0 radical (unpaired) electrons. The van der Waals surface area contributed by atoms with Crippen LogP contribution in [0.5, 0.6) is 0 Å². The standard InChI is InChI=1S/C17H22N6O5S/c1-10-5-11(21-28-10)8-18-16-13-3-4-23(17(13)20-9-19-16)12-6-14(15(24)7-12)22(2)29(25,26)27/h3-5,9,12,14-15,24H,6-8H2,1-2H3,(H,18,19,20)(H,25,26,27)/t12-,14+,15+/m1/s1. The highest BCUT2D eigenvalue weighted by atomic mass is 32.2. The highest BCUT2D eigenvalue weighted by molar-refractivity contribution is 7.83. The predicted molar refractivity (Wildman–Crippen MR) is 103 cm³/mol. The van der Waals surface area contributed by atoms with Crippen molar-refractivity contribution in [3.8, 4) is 0 Å². The van der Waals surface area contributed by atoms with Crippen LogP contribution >= 0.6 is 0 Å². The molecule has 156 valence electrons. The summed E-state index contributed by atoms with van der Waals surface area (Å²) in [6.07, 6.45) is 3.10. The molecule has 0 amide bonds. The van der Waals surface area contributed by atoms with Crippen molar-refractivity contribution in [1.82, 2.24) is 24.0 Å². The SMILES string of the molecule is Cc1cc(CNc2ncnc3c2ccn3[C@H]2C[C@H](O)[C@@H](N(C)S(=O)(=O)O)C2)no1. The summed E-state index contributed by atoms with van der Waals surface area (Å²) in [6.45, 7) is 2.26. The molecule has 29 heavy (non-hydrogen) atoms. The summed E-state index contributed by atoms with van der Waals surface area (Å²) >= 11 is 0. The largest absolute Gasteiger partial charge is 0.391 e. The topological polar surface area (TPSA) is 147 Å². The van der Waals surface area contributed by atoms with Crippen molar-refractivity contribution in [2.45, 2.75) is 44.5 Å². The summed E-state index contributed by atoms with van der Waals surface area (Å²) in [5, 5.41) is 18.3. The molecule has 1 aliphatic carbocycles. The minimum absolute atomic E-state index is 0.169. The lowest BCUT2D eigenvalue weighted by Gasteiger charge is -2.23. The normalized spacial score (nSPS) is 22.6. The molecule has 3 aromatic rings. The summed E-state index contributed by atoms with van der Waals surface area (Å²) in [5.74, 6) is 1.37. The fraction of sp³-hybridized carbons (Fsp3) is 0.471. The maximum absolute atomic E-state index is 11.4. The van der Waals surface area contributed by atoms with E-state index in [-0.39, 0.29) is 6.04 Å². The first-order valence-electron chi connectivity index (χ1n) is 9.10. The highest BCUT2D eigenvalue weighted by Crippen LogP contribution is 2.36. The van der Waals surface area contributed by atoms with Crippen molar-refractivity contribution >= 4 is 27.2 Å². The molecule has 1 aliphatic rings. The van der Waals surface area contributed by atoms with Gasteiger partial charge < -0.3 is 19.5 Å². The Morgan fingerprint density at radius 1 is 1.38 bits per heavy atom. The molecule has 0 spiro atoms. The van der Waals surface area contributed by atoms with Gasteiger partial charge >= 0.3 is 10.3 Å². The number of fused-ring (bicyclic) bond motifs is 1. The van der Waals surface area contributed by atoms with Crippen LogP contribution in [0.3, 0.4) is 0 Å². The summed E-state index contributed by atoms with van der Waals surface area (Å²) in [5.41, 5.74) is 1.43. The monoisotopic (exact) mass is 422 g/mol. The zero-order valence-corrected chi connectivity index (χ0v) is 16.7. The van der Waals surface area contributed by atoms with E-state index in [1.807, 2.05) is 29.8 Å². The zero-order chi connectivity index (χ0) is 20.8. The van der Waals surface area contributed by atoms with E-state index in [1.54, 1.807) is 0 Å². The molecule has 3 aromatic heterocycles. The Kier molecular flexibility index (Phi) is 5.02. The van der Waals surface area contributed by atoms with Gasteiger partial charge in [0.1, 0.15) is 29.2 Å². The number of hydrogen-bond donors (Lipinski definition) is 3. The van der Waals surface area contributed by atoms with Gasteiger partial charge in [-0.2, -0.15) is 12.7 Å². The zero-order valence-electron chi connectivity index (χ0n) is 15.9. The highest BCUT2D eigenvalue weighted by Gasteiger charge is 2.40. The van der Waals surface area contributed by atoms with Crippen LogP contribution in [0.1, 0.15) is 30.3 Å². The van der Waals surface area contributed by atoms with Crippen molar-refractivity contribution in [2.75, 3.05) is 12.4 Å². The lowest BCUT2D eigenvalue weighted by Crippen LogP contribution is -2.41. The molecule has 0 bridgehead atoms. The maximum atomic E-state index is 11.4. The van der Waals surface area contributed by atoms with Gasteiger partial charge in [-0.3, -0.25) is 4.55 Å². The molecular formula is C17H22N6O5S. The molecule has 3 heterocycles. The van der Waals surface area contributed by atoms with Crippen LogP contribution in [0.25, 0.3) is 11.0 Å². The lowest BCUT2D eigenvalue weighted by molar-refractivity contribution is 0.117. The van der Waals surface area contributed by atoms with Gasteiger partial charge in [-0.25, -0.2) is 9.97 Å². The molecule has 0 aliphatic heterocycles. The second-order valence-corrected chi connectivity index (χ2v) is 8.69. The Hall–Kier alpha value is -2.54. The number of anilines is 1. The van der Waals surface area contributed by atoms with Crippen LogP contribution < -0.4 is 5.32 Å². The molecule has 0 unspecified atom stereocenters. The number of nitrogens with one attached hydrogen (secondary N) is 1. The van der Waals surface area contributed by atoms with Gasteiger partial charge in [0.2, 0.25) is 0 Å². The fourth-order valence-electron chi connectivity index (χ4n) is 3.84.